The summed E-state index contributed by atoms with van der Waals surface area (Å²) < 4.78 is 14.2. The van der Waals surface area contributed by atoms with E-state index < -0.39 is 5.97 Å². The van der Waals surface area contributed by atoms with E-state index in [1.54, 1.807) is 53.7 Å². The van der Waals surface area contributed by atoms with Gasteiger partial charge in [0.25, 0.3) is 5.91 Å². The number of Topliss-reactive ketones (excluding diaryl/α,β-unsaturated/α-hetero) is 1. The number of carbonyl (C=O) groups excluding carboxylic acids is 4. The number of hydrogen-bond donors (Lipinski definition) is 2. The predicted molar refractivity (Wildman–Crippen MR) is 188 cm³/mol. The van der Waals surface area contributed by atoms with E-state index in [0.29, 0.717) is 52.6 Å². The normalized spacial score (nSPS) is 15.2. The summed E-state index contributed by atoms with van der Waals surface area (Å²) in [6.45, 7) is 0.619. The number of aryl methyl sites for hydroxylation is 2. The Morgan fingerprint density at radius 1 is 0.980 bits per heavy atom. The Bertz CT molecular complexity index is 1960. The number of benzene rings is 2. The molecule has 50 heavy (non-hydrogen) atoms. The quantitative estimate of drug-likeness (QED) is 0.118. The number of ether oxygens (including phenoxy) is 2. The minimum atomic E-state index is -0.409. The number of aliphatic hydroxyl groups excluding tert-OH is 1. The van der Waals surface area contributed by atoms with Crippen molar-refractivity contribution in [3.8, 4) is 16.9 Å². The van der Waals surface area contributed by atoms with Gasteiger partial charge in [0.1, 0.15) is 11.4 Å². The molecular weight excluding hydrogens is 638 g/mol. The van der Waals surface area contributed by atoms with E-state index in [1.807, 2.05) is 41.6 Å². The fourth-order valence-electron chi connectivity index (χ4n) is 6.50. The number of nitrogens with one attached hydrogen (secondary N) is 1. The lowest BCUT2D eigenvalue weighted by Gasteiger charge is -2.32. The Hall–Kier alpha value is -5.49. The molecule has 2 amide bonds. The molecule has 1 saturated heterocycles. The monoisotopic (exact) mass is 679 g/mol. The van der Waals surface area contributed by atoms with Crippen molar-refractivity contribution < 1.29 is 33.8 Å². The molecule has 2 N–H and O–H groups in total. The molecule has 0 radical (unpaired) electrons. The van der Waals surface area contributed by atoms with Gasteiger partial charge in [-0.05, 0) is 55.0 Å². The van der Waals surface area contributed by atoms with Crippen molar-refractivity contribution in [2.75, 3.05) is 25.6 Å². The van der Waals surface area contributed by atoms with Crippen molar-refractivity contribution in [2.24, 2.45) is 19.1 Å². The van der Waals surface area contributed by atoms with Crippen LogP contribution in [0.25, 0.3) is 11.1 Å². The van der Waals surface area contributed by atoms with Gasteiger partial charge in [-0.2, -0.15) is 0 Å². The number of hydrogen-bond acceptors (Lipinski definition) is 8. The fourth-order valence-corrected chi connectivity index (χ4v) is 6.50. The molecule has 2 aromatic carbocycles. The summed E-state index contributed by atoms with van der Waals surface area (Å²) in [4.78, 5) is 57.5. The van der Waals surface area contributed by atoms with Gasteiger partial charge in [0.15, 0.2) is 5.78 Å². The molecule has 12 heteroatoms. The number of amides is 2. The van der Waals surface area contributed by atoms with Gasteiger partial charge in [-0.25, -0.2) is 4.79 Å². The molecule has 0 aliphatic carbocycles. The lowest BCUT2D eigenvalue weighted by Crippen LogP contribution is -2.43. The molecule has 1 fully saturated rings. The SMILES string of the molecule is COC(=O)c1cc(-c2ccc(CC(=O)c3cc(NC(=O)CCCOc4cc5c(cc4CO)C(=O)N4CCCC[C@H]4C=N5)cn3C)cc2)cn1C. The zero-order chi connectivity index (χ0) is 35.4. The number of methoxy groups -OCH3 is 1. The van der Waals surface area contributed by atoms with Crippen LogP contribution in [0.1, 0.15) is 74.6 Å². The van der Waals surface area contributed by atoms with Crippen LogP contribution in [0.3, 0.4) is 0 Å². The third kappa shape index (κ3) is 7.40. The van der Waals surface area contributed by atoms with Crippen LogP contribution in [-0.4, -0.2) is 75.2 Å². The number of aliphatic imine (C=N–C) groups is 1. The molecule has 0 unspecified atom stereocenters. The van der Waals surface area contributed by atoms with Gasteiger partial charge in [-0.1, -0.05) is 24.3 Å². The average molecular weight is 680 g/mol. The van der Waals surface area contributed by atoms with Crippen LogP contribution in [0.15, 0.2) is 65.9 Å². The largest absolute Gasteiger partial charge is 0.493 e. The summed E-state index contributed by atoms with van der Waals surface area (Å²) >= 11 is 0. The van der Waals surface area contributed by atoms with Gasteiger partial charge < -0.3 is 33.9 Å². The Labute approximate surface area is 290 Å². The van der Waals surface area contributed by atoms with Gasteiger partial charge in [0.2, 0.25) is 5.91 Å². The number of carbonyl (C=O) groups is 4. The van der Waals surface area contributed by atoms with Gasteiger partial charge >= 0.3 is 5.97 Å². The summed E-state index contributed by atoms with van der Waals surface area (Å²) in [5, 5.41) is 12.9. The first-order chi connectivity index (χ1) is 24.1. The topological polar surface area (TPSA) is 144 Å². The van der Waals surface area contributed by atoms with E-state index in [1.165, 1.54) is 7.11 Å². The number of ketones is 1. The molecule has 0 bridgehead atoms. The average Bonchev–Trinajstić information content (AvgIpc) is 3.66. The second-order valence-electron chi connectivity index (χ2n) is 12.7. The molecule has 4 aromatic rings. The van der Waals surface area contributed by atoms with E-state index in [-0.39, 0.29) is 49.7 Å². The van der Waals surface area contributed by atoms with Crippen LogP contribution in [0.4, 0.5) is 11.4 Å². The van der Waals surface area contributed by atoms with Crippen LogP contribution in [0.5, 0.6) is 5.75 Å². The zero-order valence-corrected chi connectivity index (χ0v) is 28.5. The van der Waals surface area contributed by atoms with Gasteiger partial charge in [0, 0.05) is 69.3 Å². The fraction of sp³-hybridized carbons (Fsp3) is 0.342. The number of rotatable bonds is 12. The summed E-state index contributed by atoms with van der Waals surface area (Å²) in [6, 6.07) is 14.4. The Morgan fingerprint density at radius 3 is 2.52 bits per heavy atom. The Morgan fingerprint density at radius 2 is 1.76 bits per heavy atom. The standard InChI is InChI=1S/C38H41N5O7/c1-41-21-26(17-33(41)38(48)49-3)25-11-9-24(10-12-25)15-34(45)32-18-28(22-42(32)2)40-36(46)8-6-14-50-35-19-31-30(16-27(35)23-44)37(47)43-13-5-4-7-29(43)20-39-31/h9-12,16-22,29,44H,4-8,13-15,23H2,1-3H3,(H,40,46)/t29-/m0/s1. The summed E-state index contributed by atoms with van der Waals surface area (Å²) in [5.41, 5.74) is 5.53. The Kier molecular flexibility index (Phi) is 10.3. The molecule has 2 aliphatic rings. The maximum Gasteiger partial charge on any atom is 0.354 e. The molecule has 2 aromatic heterocycles. The second kappa shape index (κ2) is 15.0. The third-order valence-electron chi connectivity index (χ3n) is 9.21. The highest BCUT2D eigenvalue weighted by molar-refractivity contribution is 6.03. The number of aromatic nitrogens is 2. The number of nitrogens with zero attached hydrogens (tertiary/aromatic N) is 4. The van der Waals surface area contributed by atoms with E-state index in [2.05, 4.69) is 10.3 Å². The molecule has 4 heterocycles. The Balaban J connectivity index is 1.00. The zero-order valence-electron chi connectivity index (χ0n) is 28.5. The molecular formula is C38H41N5O7. The van der Waals surface area contributed by atoms with Crippen molar-refractivity contribution in [3.05, 3.63) is 89.0 Å². The first kappa shape index (κ1) is 34.4. The van der Waals surface area contributed by atoms with E-state index >= 15 is 0 Å². The minimum Gasteiger partial charge on any atom is -0.493 e. The van der Waals surface area contributed by atoms with Gasteiger partial charge in [-0.15, -0.1) is 0 Å². The first-order valence-corrected chi connectivity index (χ1v) is 16.7. The molecule has 0 spiro atoms. The molecule has 12 nitrogen and oxygen atoms in total. The highest BCUT2D eigenvalue weighted by Crippen LogP contribution is 2.34. The number of fused-ring (bicyclic) bond motifs is 2. The second-order valence-corrected chi connectivity index (χ2v) is 12.7. The van der Waals surface area contributed by atoms with Crippen LogP contribution in [0.2, 0.25) is 0 Å². The maximum absolute atomic E-state index is 13.2. The van der Waals surface area contributed by atoms with E-state index in [4.69, 9.17) is 9.47 Å². The number of esters is 1. The van der Waals surface area contributed by atoms with Crippen molar-refractivity contribution in [3.63, 3.8) is 0 Å². The molecule has 2 aliphatic heterocycles. The van der Waals surface area contributed by atoms with Crippen LogP contribution in [-0.2, 0) is 36.7 Å². The smallest absolute Gasteiger partial charge is 0.354 e. The van der Waals surface area contributed by atoms with Crippen molar-refractivity contribution >= 4 is 41.2 Å². The highest BCUT2D eigenvalue weighted by atomic mass is 16.5. The van der Waals surface area contributed by atoms with E-state index in [0.717, 1.165) is 36.0 Å². The molecule has 260 valence electrons. The number of aliphatic hydroxyl groups is 1. The summed E-state index contributed by atoms with van der Waals surface area (Å²) in [6.07, 6.45) is 9.06. The third-order valence-corrected chi connectivity index (χ3v) is 9.21. The first-order valence-electron chi connectivity index (χ1n) is 16.7. The predicted octanol–water partition coefficient (Wildman–Crippen LogP) is 5.24. The van der Waals surface area contributed by atoms with Crippen molar-refractivity contribution in [1.29, 1.82) is 0 Å². The molecule has 6 rings (SSSR count). The number of piperidine rings is 1. The molecule has 0 saturated carbocycles. The van der Waals surface area contributed by atoms with Crippen LogP contribution < -0.4 is 10.1 Å². The maximum atomic E-state index is 13.2. The lowest BCUT2D eigenvalue weighted by molar-refractivity contribution is -0.116. The van der Waals surface area contributed by atoms with Crippen LogP contribution >= 0.6 is 0 Å². The number of anilines is 1. The molecule has 1 atom stereocenters. The summed E-state index contributed by atoms with van der Waals surface area (Å²) in [5.74, 6) is -0.370. The summed E-state index contributed by atoms with van der Waals surface area (Å²) in [7, 11) is 4.89. The highest BCUT2D eigenvalue weighted by Gasteiger charge is 2.31. The minimum absolute atomic E-state index is 0.0213. The van der Waals surface area contributed by atoms with E-state index in [9.17, 15) is 24.3 Å². The lowest BCUT2D eigenvalue weighted by atomic mass is 10.0. The van der Waals surface area contributed by atoms with Gasteiger partial charge in [-0.3, -0.25) is 19.4 Å². The van der Waals surface area contributed by atoms with Crippen LogP contribution in [0, 0.1) is 0 Å². The van der Waals surface area contributed by atoms with Crippen molar-refractivity contribution in [2.45, 2.75) is 51.2 Å². The van der Waals surface area contributed by atoms with Gasteiger partial charge in [0.05, 0.1) is 49.0 Å². The van der Waals surface area contributed by atoms with Crippen molar-refractivity contribution in [1.82, 2.24) is 14.0 Å².